The van der Waals surface area contributed by atoms with Gasteiger partial charge in [-0.15, -0.1) is 0 Å². The number of nitrogens with one attached hydrogen (secondary N) is 3. The van der Waals surface area contributed by atoms with Crippen molar-refractivity contribution >= 4 is 29.9 Å². The molecule has 0 unspecified atom stereocenters. The van der Waals surface area contributed by atoms with Crippen LogP contribution in [0.25, 0.3) is 0 Å². The number of hydrogen-bond acceptors (Lipinski definition) is 9. The van der Waals surface area contributed by atoms with E-state index >= 15 is 0 Å². The van der Waals surface area contributed by atoms with E-state index in [0.717, 1.165) is 32.4 Å². The van der Waals surface area contributed by atoms with Crippen molar-refractivity contribution in [3.8, 4) is 0 Å². The van der Waals surface area contributed by atoms with E-state index in [-0.39, 0.29) is 37.9 Å². The van der Waals surface area contributed by atoms with Gasteiger partial charge in [0, 0.05) is 50.6 Å². The van der Waals surface area contributed by atoms with E-state index in [0.29, 0.717) is 56.7 Å². The summed E-state index contributed by atoms with van der Waals surface area (Å²) < 4.78 is 31.2. The van der Waals surface area contributed by atoms with Gasteiger partial charge in [0.15, 0.2) is 0 Å². The summed E-state index contributed by atoms with van der Waals surface area (Å²) in [6.07, 6.45) is 5.47. The minimum absolute atomic E-state index is 0.0210. The number of carbonyl (C=O) groups is 5. The SMILES string of the molecule is CC(C)(C)OC(=O)N[C@H]1CCCCC/C=C\[C@H]2C[C@@]2(C(=O)NCCN2CCOCC2)NC(=O)[C@@H]2C[C@@H](OC(=O)N3Cc4cccc(F)c4C3)CN2C1=O. The van der Waals surface area contributed by atoms with Crippen LogP contribution in [0.4, 0.5) is 14.0 Å². The van der Waals surface area contributed by atoms with E-state index in [9.17, 15) is 28.4 Å². The van der Waals surface area contributed by atoms with Crippen LogP contribution in [-0.2, 0) is 41.7 Å². The molecule has 5 amide bonds. The topological polar surface area (TPSA) is 159 Å². The van der Waals surface area contributed by atoms with Gasteiger partial charge in [0.2, 0.25) is 17.7 Å². The molecule has 3 N–H and O–H groups in total. The Labute approximate surface area is 310 Å². The van der Waals surface area contributed by atoms with E-state index in [1.807, 2.05) is 12.2 Å². The highest BCUT2D eigenvalue weighted by Crippen LogP contribution is 2.45. The minimum Gasteiger partial charge on any atom is -0.444 e. The first-order valence-corrected chi connectivity index (χ1v) is 18.9. The lowest BCUT2D eigenvalue weighted by Crippen LogP contribution is -2.58. The van der Waals surface area contributed by atoms with Gasteiger partial charge in [-0.05, 0) is 58.1 Å². The first-order chi connectivity index (χ1) is 25.3. The molecular formula is C38H53FN6O8. The van der Waals surface area contributed by atoms with Crippen molar-refractivity contribution in [2.45, 2.75) is 108 Å². The molecule has 290 valence electrons. The molecule has 5 atom stereocenters. The number of rotatable bonds is 6. The molecule has 0 bridgehead atoms. The van der Waals surface area contributed by atoms with Gasteiger partial charge in [0.05, 0.1) is 26.3 Å². The second-order valence-corrected chi connectivity index (χ2v) is 15.7. The molecule has 15 heteroatoms. The monoisotopic (exact) mass is 740 g/mol. The highest BCUT2D eigenvalue weighted by molar-refractivity contribution is 5.98. The quantitative estimate of drug-likeness (QED) is 0.373. The van der Waals surface area contributed by atoms with Crippen molar-refractivity contribution in [3.05, 3.63) is 47.3 Å². The number of ether oxygens (including phenoxy) is 3. The minimum atomic E-state index is -1.19. The second kappa shape index (κ2) is 16.4. The van der Waals surface area contributed by atoms with E-state index in [4.69, 9.17) is 14.2 Å². The summed E-state index contributed by atoms with van der Waals surface area (Å²) in [5.74, 6) is -1.96. The summed E-state index contributed by atoms with van der Waals surface area (Å²) in [4.78, 5) is 73.7. The number of alkyl carbamates (subject to hydrolysis) is 1. The normalized spacial score (nSPS) is 28.7. The zero-order valence-corrected chi connectivity index (χ0v) is 31.0. The molecule has 1 aliphatic carbocycles. The van der Waals surface area contributed by atoms with Crippen LogP contribution in [0.5, 0.6) is 0 Å². The zero-order chi connectivity index (χ0) is 37.8. The van der Waals surface area contributed by atoms with E-state index in [1.54, 1.807) is 32.9 Å². The lowest BCUT2D eigenvalue weighted by molar-refractivity contribution is -0.141. The maximum absolute atomic E-state index is 14.4. The smallest absolute Gasteiger partial charge is 0.410 e. The number of nitrogens with zero attached hydrogens (tertiary/aromatic N) is 3. The Morgan fingerprint density at radius 3 is 2.64 bits per heavy atom. The maximum atomic E-state index is 14.4. The Morgan fingerprint density at radius 1 is 1.09 bits per heavy atom. The van der Waals surface area contributed by atoms with Gasteiger partial charge in [0.1, 0.15) is 35.1 Å². The largest absolute Gasteiger partial charge is 0.444 e. The molecule has 0 aromatic heterocycles. The first kappa shape index (κ1) is 38.5. The van der Waals surface area contributed by atoms with Crippen molar-refractivity contribution in [3.63, 3.8) is 0 Å². The van der Waals surface area contributed by atoms with Crippen LogP contribution < -0.4 is 16.0 Å². The number of benzene rings is 1. The molecule has 1 aromatic carbocycles. The third-order valence-corrected chi connectivity index (χ3v) is 10.6. The number of fused-ring (bicyclic) bond motifs is 3. The average Bonchev–Trinajstić information content (AvgIpc) is 3.40. The van der Waals surface area contributed by atoms with Gasteiger partial charge in [-0.2, -0.15) is 0 Å². The molecular weight excluding hydrogens is 687 g/mol. The van der Waals surface area contributed by atoms with Crippen LogP contribution in [-0.4, -0.2) is 120 Å². The number of morpholine rings is 1. The number of allylic oxidation sites excluding steroid dienone is 1. The molecule has 1 aromatic rings. The van der Waals surface area contributed by atoms with Crippen LogP contribution in [0, 0.1) is 11.7 Å². The summed E-state index contributed by atoms with van der Waals surface area (Å²) in [7, 11) is 0. The highest BCUT2D eigenvalue weighted by Gasteiger charge is 2.61. The fourth-order valence-electron chi connectivity index (χ4n) is 7.65. The van der Waals surface area contributed by atoms with Crippen molar-refractivity contribution < 1.29 is 42.6 Å². The van der Waals surface area contributed by atoms with Gasteiger partial charge >= 0.3 is 12.2 Å². The van der Waals surface area contributed by atoms with Gasteiger partial charge < -0.3 is 35.1 Å². The molecule has 14 nitrogen and oxygen atoms in total. The Hall–Kier alpha value is -4.24. The van der Waals surface area contributed by atoms with Gasteiger partial charge in [-0.25, -0.2) is 14.0 Å². The summed E-state index contributed by atoms with van der Waals surface area (Å²) >= 11 is 0. The summed E-state index contributed by atoms with van der Waals surface area (Å²) in [5, 5.41) is 8.77. The number of amides is 5. The summed E-state index contributed by atoms with van der Waals surface area (Å²) in [5.41, 5.74) is -0.879. The Kier molecular flexibility index (Phi) is 11.9. The summed E-state index contributed by atoms with van der Waals surface area (Å²) in [6.45, 7) is 9.20. The number of hydrogen-bond donors (Lipinski definition) is 3. The van der Waals surface area contributed by atoms with E-state index in [2.05, 4.69) is 20.9 Å². The fraction of sp³-hybridized carbons (Fsp3) is 0.658. The molecule has 2 saturated heterocycles. The Morgan fingerprint density at radius 2 is 1.89 bits per heavy atom. The molecule has 6 rings (SSSR count). The zero-order valence-electron chi connectivity index (χ0n) is 31.0. The fourth-order valence-corrected chi connectivity index (χ4v) is 7.65. The Bertz CT molecular complexity index is 1580. The second-order valence-electron chi connectivity index (χ2n) is 15.7. The van der Waals surface area contributed by atoms with Crippen molar-refractivity contribution in [2.24, 2.45) is 5.92 Å². The Balaban J connectivity index is 1.21. The highest BCUT2D eigenvalue weighted by atomic mass is 19.1. The molecule has 1 saturated carbocycles. The van der Waals surface area contributed by atoms with Crippen LogP contribution in [0.1, 0.15) is 76.8 Å². The third kappa shape index (κ3) is 9.47. The molecule has 4 heterocycles. The lowest BCUT2D eigenvalue weighted by Gasteiger charge is -2.30. The lowest BCUT2D eigenvalue weighted by atomic mass is 10.0. The van der Waals surface area contributed by atoms with Crippen LogP contribution in [0.15, 0.2) is 30.4 Å². The van der Waals surface area contributed by atoms with Crippen molar-refractivity contribution in [1.29, 1.82) is 0 Å². The molecule has 53 heavy (non-hydrogen) atoms. The van der Waals surface area contributed by atoms with Gasteiger partial charge in [-0.1, -0.05) is 37.1 Å². The molecule has 3 fully saturated rings. The van der Waals surface area contributed by atoms with E-state index in [1.165, 1.54) is 15.9 Å². The first-order valence-electron chi connectivity index (χ1n) is 18.9. The standard InChI is InChI=1S/C38H53FN6O8/c1-37(2,3)53-35(49)41-30-13-8-6-4-5-7-11-26-21-38(26,34(48)40-14-15-43-16-18-51-19-17-43)42-32(46)31-20-27(23-45(31)33(30)47)52-36(50)44-22-25-10-9-12-29(39)28(25)24-44/h7,9-12,26-27,30-31H,4-6,8,13-24H2,1-3H3,(H,40,48)(H,41,49)(H,42,46)/b11-7-/t26-,27+,30-,31-,38+/m0/s1. The van der Waals surface area contributed by atoms with Crippen LogP contribution >= 0.6 is 0 Å². The molecule has 5 aliphatic rings. The molecule has 0 spiro atoms. The predicted octanol–water partition coefficient (Wildman–Crippen LogP) is 2.98. The third-order valence-electron chi connectivity index (χ3n) is 10.6. The van der Waals surface area contributed by atoms with Crippen molar-refractivity contribution in [2.75, 3.05) is 45.9 Å². The predicted molar refractivity (Wildman–Crippen MR) is 191 cm³/mol. The van der Waals surface area contributed by atoms with Crippen LogP contribution in [0.3, 0.4) is 0 Å². The maximum Gasteiger partial charge on any atom is 0.410 e. The van der Waals surface area contributed by atoms with Crippen molar-refractivity contribution in [1.82, 2.24) is 30.7 Å². The number of carbonyl (C=O) groups excluding carboxylic acids is 5. The van der Waals surface area contributed by atoms with Gasteiger partial charge in [0.25, 0.3) is 0 Å². The molecule has 0 radical (unpaired) electrons. The van der Waals surface area contributed by atoms with Gasteiger partial charge in [-0.3, -0.25) is 24.2 Å². The average molecular weight is 741 g/mol. The van der Waals surface area contributed by atoms with E-state index < -0.39 is 59.1 Å². The van der Waals surface area contributed by atoms with Crippen LogP contribution in [0.2, 0.25) is 0 Å². The molecule has 4 aliphatic heterocycles. The summed E-state index contributed by atoms with van der Waals surface area (Å²) in [6, 6.07) is 2.60. The number of halogens is 1.